The number of benzene rings is 2. The Kier molecular flexibility index (Phi) is 4.68. The van der Waals surface area contributed by atoms with E-state index in [1.54, 1.807) is 12.1 Å². The smallest absolute Gasteiger partial charge is 0.343 e. The van der Waals surface area contributed by atoms with Crippen LogP contribution >= 0.6 is 0 Å². The number of carboxylic acids is 1. The van der Waals surface area contributed by atoms with Gasteiger partial charge in [-0.2, -0.15) is 0 Å². The van der Waals surface area contributed by atoms with Crippen LogP contribution < -0.4 is 10.5 Å². The first-order valence-electron chi connectivity index (χ1n) is 6.44. The third-order valence-electron chi connectivity index (χ3n) is 2.93. The van der Waals surface area contributed by atoms with E-state index in [-0.39, 0.29) is 5.56 Å². The largest absolute Gasteiger partial charge is 0.478 e. The number of carbonyl (C=O) groups excluding carboxylic acids is 1. The van der Waals surface area contributed by atoms with Crippen molar-refractivity contribution in [3.63, 3.8) is 0 Å². The van der Waals surface area contributed by atoms with E-state index in [0.29, 0.717) is 17.9 Å². The highest BCUT2D eigenvalue weighted by Gasteiger charge is 2.09. The molecule has 0 saturated heterocycles. The molecule has 0 heterocycles. The number of ether oxygens (including phenoxy) is 1. The molecule has 2 rings (SSSR count). The Morgan fingerprint density at radius 2 is 1.52 bits per heavy atom. The molecule has 2 aromatic rings. The van der Waals surface area contributed by atoms with Crippen LogP contribution in [0.25, 0.3) is 0 Å². The quantitative estimate of drug-likeness (QED) is 0.648. The summed E-state index contributed by atoms with van der Waals surface area (Å²) >= 11 is 0. The van der Waals surface area contributed by atoms with Crippen LogP contribution in [0.3, 0.4) is 0 Å². The summed E-state index contributed by atoms with van der Waals surface area (Å²) in [5.74, 6) is -1.21. The molecule has 3 N–H and O–H groups in total. The molecule has 0 saturated carbocycles. The van der Waals surface area contributed by atoms with Crippen LogP contribution in [0.1, 0.15) is 26.3 Å². The third-order valence-corrected chi connectivity index (χ3v) is 2.93. The standard InChI is InChI=1S/C16H15NO4/c17-10-9-11-1-3-13(4-2-11)16(20)21-14-7-5-12(6-8-14)15(18)19/h1-8H,9-10,17H2,(H,18,19). The van der Waals surface area contributed by atoms with Crippen molar-refractivity contribution in [3.8, 4) is 5.75 Å². The molecule has 0 aliphatic rings. The molecule has 0 aliphatic carbocycles. The summed E-state index contributed by atoms with van der Waals surface area (Å²) in [5.41, 5.74) is 7.08. The minimum atomic E-state index is -1.02. The summed E-state index contributed by atoms with van der Waals surface area (Å²) in [5, 5.41) is 8.79. The second-order valence-corrected chi connectivity index (χ2v) is 4.45. The molecule has 0 fully saturated rings. The van der Waals surface area contributed by atoms with E-state index in [4.69, 9.17) is 15.6 Å². The van der Waals surface area contributed by atoms with E-state index >= 15 is 0 Å². The van der Waals surface area contributed by atoms with Crippen LogP contribution in [0.4, 0.5) is 0 Å². The van der Waals surface area contributed by atoms with Crippen LogP contribution in [0.5, 0.6) is 5.75 Å². The molecule has 0 radical (unpaired) electrons. The summed E-state index contributed by atoms with van der Waals surface area (Å²) in [4.78, 5) is 22.7. The molecule has 0 spiro atoms. The molecule has 0 unspecified atom stereocenters. The van der Waals surface area contributed by atoms with E-state index in [0.717, 1.165) is 12.0 Å². The molecule has 0 atom stereocenters. The van der Waals surface area contributed by atoms with Crippen molar-refractivity contribution in [1.29, 1.82) is 0 Å². The molecule has 2 aromatic carbocycles. The fourth-order valence-electron chi connectivity index (χ4n) is 1.81. The number of rotatable bonds is 5. The van der Waals surface area contributed by atoms with Crippen molar-refractivity contribution >= 4 is 11.9 Å². The van der Waals surface area contributed by atoms with Crippen LogP contribution in [-0.2, 0) is 6.42 Å². The zero-order valence-corrected chi connectivity index (χ0v) is 11.3. The van der Waals surface area contributed by atoms with Gasteiger partial charge in [-0.15, -0.1) is 0 Å². The molecule has 108 valence electrons. The first-order chi connectivity index (χ1) is 10.1. The van der Waals surface area contributed by atoms with Gasteiger partial charge in [0.25, 0.3) is 0 Å². The van der Waals surface area contributed by atoms with Crippen molar-refractivity contribution in [2.24, 2.45) is 5.73 Å². The number of carbonyl (C=O) groups is 2. The Morgan fingerprint density at radius 1 is 0.952 bits per heavy atom. The Bertz CT molecular complexity index is 632. The molecule has 5 nitrogen and oxygen atoms in total. The maximum absolute atomic E-state index is 11.9. The lowest BCUT2D eigenvalue weighted by molar-refractivity contribution is 0.0696. The molecular formula is C16H15NO4. The monoisotopic (exact) mass is 285 g/mol. The second-order valence-electron chi connectivity index (χ2n) is 4.45. The predicted octanol–water partition coefficient (Wildman–Crippen LogP) is 2.11. The van der Waals surface area contributed by atoms with Gasteiger partial charge in [-0.25, -0.2) is 9.59 Å². The summed E-state index contributed by atoms with van der Waals surface area (Å²) in [6, 6.07) is 12.7. The van der Waals surface area contributed by atoms with Crippen molar-refractivity contribution in [2.75, 3.05) is 6.54 Å². The summed E-state index contributed by atoms with van der Waals surface area (Å²) in [6.45, 7) is 0.555. The lowest BCUT2D eigenvalue weighted by Gasteiger charge is -2.05. The fraction of sp³-hybridized carbons (Fsp3) is 0.125. The van der Waals surface area contributed by atoms with Gasteiger partial charge in [-0.1, -0.05) is 12.1 Å². The van der Waals surface area contributed by atoms with Gasteiger partial charge >= 0.3 is 11.9 Å². The molecule has 5 heteroatoms. The lowest BCUT2D eigenvalue weighted by atomic mass is 10.1. The van der Waals surface area contributed by atoms with Gasteiger partial charge in [0.15, 0.2) is 0 Å². The van der Waals surface area contributed by atoms with Gasteiger partial charge in [-0.05, 0) is 54.9 Å². The maximum atomic E-state index is 11.9. The number of aromatic carboxylic acids is 1. The fourth-order valence-corrected chi connectivity index (χ4v) is 1.81. The topological polar surface area (TPSA) is 89.6 Å². The summed E-state index contributed by atoms with van der Waals surface area (Å²) in [6.07, 6.45) is 0.756. The zero-order valence-electron chi connectivity index (χ0n) is 11.3. The van der Waals surface area contributed by atoms with E-state index < -0.39 is 11.9 Å². The normalized spacial score (nSPS) is 10.1. The Hall–Kier alpha value is -2.66. The van der Waals surface area contributed by atoms with Crippen LogP contribution in [0, 0.1) is 0 Å². The number of esters is 1. The van der Waals surface area contributed by atoms with Crippen molar-refractivity contribution in [3.05, 3.63) is 65.2 Å². The summed E-state index contributed by atoms with van der Waals surface area (Å²) < 4.78 is 5.18. The van der Waals surface area contributed by atoms with Gasteiger partial charge in [0.05, 0.1) is 11.1 Å². The SMILES string of the molecule is NCCc1ccc(C(=O)Oc2ccc(C(=O)O)cc2)cc1. The minimum Gasteiger partial charge on any atom is -0.478 e. The molecule has 0 aromatic heterocycles. The third kappa shape index (κ3) is 3.90. The number of hydrogen-bond acceptors (Lipinski definition) is 4. The highest BCUT2D eigenvalue weighted by molar-refractivity contribution is 5.91. The lowest BCUT2D eigenvalue weighted by Crippen LogP contribution is -2.09. The summed E-state index contributed by atoms with van der Waals surface area (Å²) in [7, 11) is 0. The Balaban J connectivity index is 2.05. The minimum absolute atomic E-state index is 0.140. The van der Waals surface area contributed by atoms with Crippen molar-refractivity contribution in [1.82, 2.24) is 0 Å². The molecule has 0 amide bonds. The van der Waals surface area contributed by atoms with Gasteiger partial charge < -0.3 is 15.6 Å². The van der Waals surface area contributed by atoms with E-state index in [2.05, 4.69) is 0 Å². The number of hydrogen-bond donors (Lipinski definition) is 2. The zero-order chi connectivity index (χ0) is 15.2. The van der Waals surface area contributed by atoms with E-state index in [1.165, 1.54) is 24.3 Å². The average molecular weight is 285 g/mol. The first-order valence-corrected chi connectivity index (χ1v) is 6.44. The Morgan fingerprint density at radius 3 is 2.05 bits per heavy atom. The van der Waals surface area contributed by atoms with Gasteiger partial charge in [-0.3, -0.25) is 0 Å². The van der Waals surface area contributed by atoms with Gasteiger partial charge in [0.2, 0.25) is 0 Å². The number of nitrogens with two attached hydrogens (primary N) is 1. The van der Waals surface area contributed by atoms with Crippen LogP contribution in [0.2, 0.25) is 0 Å². The first kappa shape index (κ1) is 14.7. The molecule has 0 aliphatic heterocycles. The number of carboxylic acid groups (broad SMARTS) is 1. The van der Waals surface area contributed by atoms with E-state index in [9.17, 15) is 9.59 Å². The highest BCUT2D eigenvalue weighted by atomic mass is 16.5. The van der Waals surface area contributed by atoms with Crippen molar-refractivity contribution in [2.45, 2.75) is 6.42 Å². The predicted molar refractivity (Wildman–Crippen MR) is 77.6 cm³/mol. The Labute approximate surface area is 122 Å². The molecule has 21 heavy (non-hydrogen) atoms. The highest BCUT2D eigenvalue weighted by Crippen LogP contribution is 2.15. The van der Waals surface area contributed by atoms with E-state index in [1.807, 2.05) is 12.1 Å². The second kappa shape index (κ2) is 6.67. The average Bonchev–Trinajstić information content (AvgIpc) is 2.49. The maximum Gasteiger partial charge on any atom is 0.343 e. The van der Waals surface area contributed by atoms with Crippen LogP contribution in [-0.4, -0.2) is 23.6 Å². The molecule has 0 bridgehead atoms. The van der Waals surface area contributed by atoms with Gasteiger partial charge in [0.1, 0.15) is 5.75 Å². The molecular weight excluding hydrogens is 270 g/mol. The van der Waals surface area contributed by atoms with Crippen LogP contribution in [0.15, 0.2) is 48.5 Å². The van der Waals surface area contributed by atoms with Gasteiger partial charge in [0, 0.05) is 0 Å². The van der Waals surface area contributed by atoms with Crippen molar-refractivity contribution < 1.29 is 19.4 Å².